The van der Waals surface area contributed by atoms with Crippen LogP contribution in [0.25, 0.3) is 100 Å². The third-order valence-corrected chi connectivity index (χ3v) is 10.7. The third kappa shape index (κ3) is 6.68. The molecule has 4 heteroatoms. The fraction of sp³-hybridized carbons (Fsp3) is 0. The van der Waals surface area contributed by atoms with Gasteiger partial charge in [-0.2, -0.15) is 5.26 Å². The molecule has 0 amide bonds. The normalized spacial score (nSPS) is 11.1. The summed E-state index contributed by atoms with van der Waals surface area (Å²) >= 11 is 0. The average Bonchev–Trinajstić information content (AvgIpc) is 3.31. The molecule has 9 aromatic carbocycles. The second kappa shape index (κ2) is 14.9. The summed E-state index contributed by atoms with van der Waals surface area (Å²) < 4.78 is 0. The molecule has 10 rings (SSSR count). The predicted octanol–water partition coefficient (Wildman–Crippen LogP) is 13.7. The average molecular weight is 739 g/mol. The maximum Gasteiger partial charge on any atom is 0.164 e. The molecule has 0 aliphatic carbocycles. The molecule has 0 bridgehead atoms. The minimum absolute atomic E-state index is 0.561. The van der Waals surface area contributed by atoms with E-state index in [1.807, 2.05) is 42.5 Å². The Bertz CT molecular complexity index is 3180. The van der Waals surface area contributed by atoms with Crippen molar-refractivity contribution in [2.45, 2.75) is 0 Å². The maximum absolute atomic E-state index is 9.62. The second-order valence-corrected chi connectivity index (χ2v) is 14.4. The Balaban J connectivity index is 1.20. The molecule has 270 valence electrons. The summed E-state index contributed by atoms with van der Waals surface area (Å²) in [5.74, 6) is 1.72. The lowest BCUT2D eigenvalue weighted by atomic mass is 9.88. The summed E-state index contributed by atoms with van der Waals surface area (Å²) in [6.07, 6.45) is 0. The van der Waals surface area contributed by atoms with Gasteiger partial charge in [0.15, 0.2) is 17.5 Å². The van der Waals surface area contributed by atoms with E-state index >= 15 is 0 Å². The number of hydrogen-bond acceptors (Lipinski definition) is 4. The second-order valence-electron chi connectivity index (χ2n) is 14.4. The van der Waals surface area contributed by atoms with Crippen molar-refractivity contribution in [1.82, 2.24) is 15.0 Å². The summed E-state index contributed by atoms with van der Waals surface area (Å²) in [7, 11) is 0. The molecule has 10 aromatic rings. The molecule has 1 aromatic heterocycles. The van der Waals surface area contributed by atoms with Crippen molar-refractivity contribution in [2.75, 3.05) is 0 Å². The molecule has 58 heavy (non-hydrogen) atoms. The van der Waals surface area contributed by atoms with Crippen LogP contribution in [-0.4, -0.2) is 15.0 Å². The summed E-state index contributed by atoms with van der Waals surface area (Å²) in [4.78, 5) is 15.7. The molecule has 0 saturated carbocycles. The standard InChI is InChI=1S/C54H34N4/c55-35-36-11-8-18-42(31-36)45-19-9-20-48(34-45)53-56-52(41-27-23-40(24-28-41)37-12-2-1-3-13-37)57-54(58-53)50-22-10-21-49(46-29-25-38-14-4-6-16-43(38)32-46)51(50)47-30-26-39-15-5-7-17-44(39)33-47/h1-34H. The maximum atomic E-state index is 9.62. The first-order valence-corrected chi connectivity index (χ1v) is 19.3. The van der Waals surface area contributed by atoms with Gasteiger partial charge in [0.1, 0.15) is 0 Å². The van der Waals surface area contributed by atoms with Gasteiger partial charge >= 0.3 is 0 Å². The van der Waals surface area contributed by atoms with Crippen molar-refractivity contribution in [3.05, 3.63) is 212 Å². The molecule has 0 aliphatic rings. The zero-order valence-corrected chi connectivity index (χ0v) is 31.4. The number of aromatic nitrogens is 3. The van der Waals surface area contributed by atoms with E-state index < -0.39 is 0 Å². The molecule has 0 fully saturated rings. The van der Waals surface area contributed by atoms with E-state index in [1.54, 1.807) is 0 Å². The van der Waals surface area contributed by atoms with E-state index in [2.05, 4.69) is 170 Å². The molecular weight excluding hydrogens is 705 g/mol. The highest BCUT2D eigenvalue weighted by atomic mass is 15.0. The van der Waals surface area contributed by atoms with Crippen LogP contribution in [0.5, 0.6) is 0 Å². The Morgan fingerprint density at radius 3 is 1.50 bits per heavy atom. The first-order chi connectivity index (χ1) is 28.7. The van der Waals surface area contributed by atoms with E-state index in [1.165, 1.54) is 16.2 Å². The van der Waals surface area contributed by atoms with Gasteiger partial charge in [0, 0.05) is 22.3 Å². The molecule has 1 heterocycles. The minimum Gasteiger partial charge on any atom is -0.208 e. The highest BCUT2D eigenvalue weighted by Gasteiger charge is 2.20. The number of benzene rings is 9. The van der Waals surface area contributed by atoms with Crippen LogP contribution in [0.4, 0.5) is 0 Å². The molecule has 0 spiro atoms. The highest BCUT2D eigenvalue weighted by molar-refractivity contribution is 5.99. The first-order valence-electron chi connectivity index (χ1n) is 19.3. The Kier molecular flexibility index (Phi) is 8.87. The number of hydrogen-bond donors (Lipinski definition) is 0. The highest BCUT2D eigenvalue weighted by Crippen LogP contribution is 2.42. The zero-order chi connectivity index (χ0) is 38.8. The Hall–Kier alpha value is -8.00. The Labute approximate surface area is 337 Å². The number of rotatable bonds is 7. The molecule has 0 radical (unpaired) electrons. The fourth-order valence-electron chi connectivity index (χ4n) is 7.79. The minimum atomic E-state index is 0.561. The van der Waals surface area contributed by atoms with Crippen LogP contribution in [-0.2, 0) is 0 Å². The van der Waals surface area contributed by atoms with E-state index in [9.17, 15) is 5.26 Å². The molecule has 0 N–H and O–H groups in total. The molecule has 0 aliphatic heterocycles. The van der Waals surface area contributed by atoms with Crippen LogP contribution >= 0.6 is 0 Å². The van der Waals surface area contributed by atoms with Gasteiger partial charge in [0.2, 0.25) is 0 Å². The molecular formula is C54H34N4. The summed E-state index contributed by atoms with van der Waals surface area (Å²) in [6.45, 7) is 0. The van der Waals surface area contributed by atoms with Gasteiger partial charge in [0.05, 0.1) is 11.6 Å². The van der Waals surface area contributed by atoms with Crippen LogP contribution < -0.4 is 0 Å². The van der Waals surface area contributed by atoms with Crippen molar-refractivity contribution in [1.29, 1.82) is 5.26 Å². The van der Waals surface area contributed by atoms with Crippen LogP contribution in [0.1, 0.15) is 5.56 Å². The van der Waals surface area contributed by atoms with E-state index in [0.29, 0.717) is 23.0 Å². The third-order valence-electron chi connectivity index (χ3n) is 10.7. The SMILES string of the molecule is N#Cc1cccc(-c2cccc(-c3nc(-c4ccc(-c5ccccc5)cc4)nc(-c4cccc(-c5ccc6ccccc6c5)c4-c4ccc5ccccc5c4)n3)c2)c1. The van der Waals surface area contributed by atoms with Crippen LogP contribution in [0.2, 0.25) is 0 Å². The van der Waals surface area contributed by atoms with Crippen molar-refractivity contribution >= 4 is 21.5 Å². The van der Waals surface area contributed by atoms with Crippen molar-refractivity contribution in [2.24, 2.45) is 0 Å². The number of nitriles is 1. The number of fused-ring (bicyclic) bond motifs is 2. The van der Waals surface area contributed by atoms with Crippen LogP contribution in [0.15, 0.2) is 206 Å². The summed E-state index contributed by atoms with van der Waals surface area (Å²) in [6, 6.07) is 73.6. The number of nitrogens with zero attached hydrogens (tertiary/aromatic N) is 4. The largest absolute Gasteiger partial charge is 0.208 e. The molecule has 0 atom stereocenters. The summed E-state index contributed by atoms with van der Waals surface area (Å²) in [5, 5.41) is 14.3. The molecule has 0 saturated heterocycles. The van der Waals surface area contributed by atoms with Gasteiger partial charge < -0.3 is 0 Å². The smallest absolute Gasteiger partial charge is 0.164 e. The topological polar surface area (TPSA) is 62.5 Å². The van der Waals surface area contributed by atoms with Gasteiger partial charge in [0.25, 0.3) is 0 Å². The fourth-order valence-corrected chi connectivity index (χ4v) is 7.79. The predicted molar refractivity (Wildman–Crippen MR) is 238 cm³/mol. The first kappa shape index (κ1) is 34.5. The zero-order valence-electron chi connectivity index (χ0n) is 31.4. The lowest BCUT2D eigenvalue weighted by Gasteiger charge is -2.17. The quantitative estimate of drug-likeness (QED) is 0.163. The van der Waals surface area contributed by atoms with Gasteiger partial charge in [-0.3, -0.25) is 0 Å². The lowest BCUT2D eigenvalue weighted by Crippen LogP contribution is -2.02. The van der Waals surface area contributed by atoms with E-state index in [4.69, 9.17) is 15.0 Å². The lowest BCUT2D eigenvalue weighted by molar-refractivity contribution is 1.07. The summed E-state index contributed by atoms with van der Waals surface area (Å²) in [5.41, 5.74) is 11.8. The van der Waals surface area contributed by atoms with Gasteiger partial charge in [-0.05, 0) is 90.8 Å². The van der Waals surface area contributed by atoms with Crippen molar-refractivity contribution in [3.8, 4) is 84.7 Å². The Morgan fingerprint density at radius 2 is 0.776 bits per heavy atom. The van der Waals surface area contributed by atoms with Crippen LogP contribution in [0.3, 0.4) is 0 Å². The van der Waals surface area contributed by atoms with Gasteiger partial charge in [-0.25, -0.2) is 15.0 Å². The van der Waals surface area contributed by atoms with Crippen molar-refractivity contribution in [3.63, 3.8) is 0 Å². The van der Waals surface area contributed by atoms with Crippen molar-refractivity contribution < 1.29 is 0 Å². The van der Waals surface area contributed by atoms with E-state index in [0.717, 1.165) is 66.6 Å². The molecule has 0 unspecified atom stereocenters. The monoisotopic (exact) mass is 738 g/mol. The molecule has 4 nitrogen and oxygen atoms in total. The van der Waals surface area contributed by atoms with Crippen LogP contribution in [0, 0.1) is 11.3 Å². The van der Waals surface area contributed by atoms with E-state index in [-0.39, 0.29) is 0 Å². The van der Waals surface area contributed by atoms with Gasteiger partial charge in [-0.1, -0.05) is 176 Å². The Morgan fingerprint density at radius 1 is 0.293 bits per heavy atom. The van der Waals surface area contributed by atoms with Gasteiger partial charge in [-0.15, -0.1) is 0 Å².